The van der Waals surface area contributed by atoms with Crippen LogP contribution in [0.2, 0.25) is 0 Å². The van der Waals surface area contributed by atoms with Crippen LogP contribution in [0.4, 0.5) is 0 Å². The van der Waals surface area contributed by atoms with E-state index in [0.29, 0.717) is 0 Å². The molecular formula is C21H21N3O. The highest BCUT2D eigenvalue weighted by molar-refractivity contribution is 5.65. The molecule has 0 N–H and O–H groups in total. The molecular weight excluding hydrogens is 310 g/mol. The van der Waals surface area contributed by atoms with Crippen molar-refractivity contribution >= 4 is 5.52 Å². The number of nitriles is 1. The third kappa shape index (κ3) is 3.17. The second-order valence-electron chi connectivity index (χ2n) is 6.67. The summed E-state index contributed by atoms with van der Waals surface area (Å²) in [4.78, 5) is 2.39. The number of rotatable bonds is 3. The second kappa shape index (κ2) is 6.72. The van der Waals surface area contributed by atoms with Gasteiger partial charge in [0.2, 0.25) is 0 Å². The van der Waals surface area contributed by atoms with E-state index in [9.17, 15) is 5.26 Å². The Bertz CT molecular complexity index is 910. The molecule has 0 spiro atoms. The maximum absolute atomic E-state index is 9.61. The number of pyridine rings is 1. The molecule has 1 aliphatic rings. The summed E-state index contributed by atoms with van der Waals surface area (Å²) in [5.41, 5.74) is 4.04. The quantitative estimate of drug-likeness (QED) is 0.733. The summed E-state index contributed by atoms with van der Waals surface area (Å²) >= 11 is 0. The van der Waals surface area contributed by atoms with E-state index in [2.05, 4.69) is 48.4 Å². The van der Waals surface area contributed by atoms with Gasteiger partial charge in [0.05, 0.1) is 23.3 Å². The highest BCUT2D eigenvalue weighted by atomic mass is 16.5. The van der Waals surface area contributed by atoms with E-state index >= 15 is 0 Å². The summed E-state index contributed by atoms with van der Waals surface area (Å²) in [7, 11) is 0. The monoisotopic (exact) mass is 331 g/mol. The zero-order valence-corrected chi connectivity index (χ0v) is 14.3. The van der Waals surface area contributed by atoms with Gasteiger partial charge in [0, 0.05) is 37.6 Å². The molecule has 1 fully saturated rings. The van der Waals surface area contributed by atoms with Crippen molar-refractivity contribution in [3.8, 4) is 6.07 Å². The molecule has 3 heterocycles. The first kappa shape index (κ1) is 15.9. The first-order chi connectivity index (χ1) is 12.2. The van der Waals surface area contributed by atoms with Gasteiger partial charge in [0.15, 0.2) is 0 Å². The average Bonchev–Trinajstić information content (AvgIpc) is 2.99. The third-order valence-electron chi connectivity index (χ3n) is 4.78. The van der Waals surface area contributed by atoms with Crippen LogP contribution in [0.5, 0.6) is 0 Å². The highest BCUT2D eigenvalue weighted by Gasteiger charge is 2.27. The van der Waals surface area contributed by atoms with Crippen molar-refractivity contribution in [3.63, 3.8) is 0 Å². The van der Waals surface area contributed by atoms with E-state index in [1.165, 1.54) is 5.56 Å². The number of fused-ring (bicyclic) bond motifs is 1. The molecule has 0 unspecified atom stereocenters. The zero-order chi connectivity index (χ0) is 17.2. The van der Waals surface area contributed by atoms with Crippen LogP contribution in [-0.4, -0.2) is 28.5 Å². The molecule has 4 nitrogen and oxygen atoms in total. The molecule has 2 atom stereocenters. The van der Waals surface area contributed by atoms with Crippen molar-refractivity contribution in [1.29, 1.82) is 5.26 Å². The number of morpholine rings is 1. The molecule has 1 aromatic carbocycles. The minimum atomic E-state index is 0.0764. The molecule has 4 heteroatoms. The number of hydrogen-bond acceptors (Lipinski definition) is 3. The fourth-order valence-corrected chi connectivity index (χ4v) is 3.69. The molecule has 0 aliphatic carbocycles. The van der Waals surface area contributed by atoms with Crippen molar-refractivity contribution in [2.45, 2.75) is 25.7 Å². The minimum Gasteiger partial charge on any atom is -0.368 e. The molecule has 1 aliphatic heterocycles. The molecule has 126 valence electrons. The Morgan fingerprint density at radius 3 is 2.72 bits per heavy atom. The summed E-state index contributed by atoms with van der Waals surface area (Å²) in [5, 5.41) is 9.61. The normalized spacial score (nSPS) is 21.3. The summed E-state index contributed by atoms with van der Waals surface area (Å²) < 4.78 is 8.18. The molecule has 0 amide bonds. The first-order valence-electron chi connectivity index (χ1n) is 8.66. The van der Waals surface area contributed by atoms with Gasteiger partial charge < -0.3 is 9.14 Å². The van der Waals surface area contributed by atoms with Crippen molar-refractivity contribution in [1.82, 2.24) is 9.30 Å². The van der Waals surface area contributed by atoms with E-state index < -0.39 is 0 Å². The summed E-state index contributed by atoms with van der Waals surface area (Å²) in [6, 6.07) is 18.7. The Kier molecular flexibility index (Phi) is 4.27. The van der Waals surface area contributed by atoms with Crippen LogP contribution >= 0.6 is 0 Å². The lowest BCUT2D eigenvalue weighted by molar-refractivity contribution is -0.0814. The van der Waals surface area contributed by atoms with Gasteiger partial charge in [-0.2, -0.15) is 5.26 Å². The number of benzene rings is 1. The van der Waals surface area contributed by atoms with Gasteiger partial charge in [-0.25, -0.2) is 0 Å². The summed E-state index contributed by atoms with van der Waals surface area (Å²) in [6.45, 7) is 4.59. The largest absolute Gasteiger partial charge is 0.368 e. The van der Waals surface area contributed by atoms with Crippen molar-refractivity contribution in [2.24, 2.45) is 0 Å². The molecule has 25 heavy (non-hydrogen) atoms. The van der Waals surface area contributed by atoms with Gasteiger partial charge in [-0.05, 0) is 24.6 Å². The fraction of sp³-hybridized carbons (Fsp3) is 0.286. The van der Waals surface area contributed by atoms with Crippen LogP contribution in [0.3, 0.4) is 0 Å². The van der Waals surface area contributed by atoms with Crippen LogP contribution in [0.25, 0.3) is 5.52 Å². The van der Waals surface area contributed by atoms with E-state index in [1.54, 1.807) is 0 Å². The van der Waals surface area contributed by atoms with E-state index in [-0.39, 0.29) is 12.2 Å². The number of aromatic nitrogens is 1. The third-order valence-corrected chi connectivity index (χ3v) is 4.78. The van der Waals surface area contributed by atoms with Crippen LogP contribution in [0.15, 0.2) is 60.9 Å². The van der Waals surface area contributed by atoms with Crippen LogP contribution in [0.1, 0.15) is 29.7 Å². The van der Waals surface area contributed by atoms with Crippen LogP contribution in [-0.2, 0) is 11.3 Å². The summed E-state index contributed by atoms with van der Waals surface area (Å²) in [6.07, 6.45) is 4.31. The maximum atomic E-state index is 9.61. The van der Waals surface area contributed by atoms with Gasteiger partial charge in [-0.15, -0.1) is 0 Å². The Morgan fingerprint density at radius 1 is 1.12 bits per heavy atom. The molecule has 0 bridgehead atoms. The molecule has 1 saturated heterocycles. The lowest BCUT2D eigenvalue weighted by Gasteiger charge is -2.37. The Hall–Kier alpha value is -2.61. The van der Waals surface area contributed by atoms with Gasteiger partial charge in [0.1, 0.15) is 6.07 Å². The Morgan fingerprint density at radius 2 is 1.92 bits per heavy atom. The molecule has 3 aromatic rings. The lowest BCUT2D eigenvalue weighted by atomic mass is 10.1. The first-order valence-corrected chi connectivity index (χ1v) is 8.66. The van der Waals surface area contributed by atoms with Gasteiger partial charge in [-0.1, -0.05) is 36.4 Å². The summed E-state index contributed by atoms with van der Waals surface area (Å²) in [5.74, 6) is 0. The van der Waals surface area contributed by atoms with Crippen molar-refractivity contribution < 1.29 is 4.74 Å². The molecule has 0 saturated carbocycles. The van der Waals surface area contributed by atoms with Crippen LogP contribution in [0, 0.1) is 11.3 Å². The average molecular weight is 331 g/mol. The molecule has 0 radical (unpaired) electrons. The van der Waals surface area contributed by atoms with E-state index in [1.807, 2.05) is 34.9 Å². The number of ether oxygens (including phenoxy) is 1. The molecule has 2 aromatic heterocycles. The van der Waals surface area contributed by atoms with E-state index in [4.69, 9.17) is 4.74 Å². The molecule has 4 rings (SSSR count). The van der Waals surface area contributed by atoms with E-state index in [0.717, 1.165) is 36.3 Å². The smallest absolute Gasteiger partial charge is 0.102 e. The number of hydrogen-bond donors (Lipinski definition) is 0. The maximum Gasteiger partial charge on any atom is 0.102 e. The van der Waals surface area contributed by atoms with Gasteiger partial charge in [0.25, 0.3) is 0 Å². The predicted octanol–water partition coefficient (Wildman–Crippen LogP) is 3.77. The van der Waals surface area contributed by atoms with Crippen LogP contribution < -0.4 is 0 Å². The Balaban J connectivity index is 1.59. The lowest BCUT2D eigenvalue weighted by Crippen LogP contribution is -2.42. The van der Waals surface area contributed by atoms with Gasteiger partial charge >= 0.3 is 0 Å². The second-order valence-corrected chi connectivity index (χ2v) is 6.67. The zero-order valence-electron chi connectivity index (χ0n) is 14.3. The minimum absolute atomic E-state index is 0.0764. The highest BCUT2D eigenvalue weighted by Crippen LogP contribution is 2.27. The standard InChI is InChI=1S/C21H21N3O/c1-16-12-23(15-21(25-16)17-7-3-2-4-8-17)13-18-14-24-10-6-5-9-20(24)19(18)11-22/h2-10,14,16,21H,12-13,15H2,1H3/t16-,21-/m1/s1. The Labute approximate surface area is 147 Å². The number of nitrogens with zero attached hydrogens (tertiary/aromatic N) is 3. The van der Waals surface area contributed by atoms with Crippen molar-refractivity contribution in [3.05, 3.63) is 77.6 Å². The fourth-order valence-electron chi connectivity index (χ4n) is 3.69. The topological polar surface area (TPSA) is 40.7 Å². The van der Waals surface area contributed by atoms with Gasteiger partial charge in [-0.3, -0.25) is 4.90 Å². The van der Waals surface area contributed by atoms with Crippen molar-refractivity contribution in [2.75, 3.05) is 13.1 Å². The predicted molar refractivity (Wildman–Crippen MR) is 97.1 cm³/mol. The SMILES string of the molecule is C[C@@H]1CN(Cc2cn3ccccc3c2C#N)C[C@H](c2ccccc2)O1.